The van der Waals surface area contributed by atoms with E-state index in [9.17, 15) is 28.4 Å². The highest BCUT2D eigenvalue weighted by atomic mass is 32.2. The molecule has 7 heterocycles. The Hall–Kier alpha value is -6.57. The Morgan fingerprint density at radius 3 is 2.45 bits per heavy atom. The molecule has 0 saturated carbocycles. The number of piperidine rings is 1. The van der Waals surface area contributed by atoms with Crippen molar-refractivity contribution in [3.8, 4) is 11.1 Å². The number of anilines is 2. The Labute approximate surface area is 472 Å². The third-order valence-corrected chi connectivity index (χ3v) is 17.8. The maximum absolute atomic E-state index is 14.8. The summed E-state index contributed by atoms with van der Waals surface area (Å²) in [5, 5.41) is 8.60. The predicted octanol–water partition coefficient (Wildman–Crippen LogP) is 6.62. The molecule has 0 aliphatic carbocycles. The van der Waals surface area contributed by atoms with Gasteiger partial charge in [-0.05, 0) is 119 Å². The van der Waals surface area contributed by atoms with Crippen molar-refractivity contribution in [3.63, 3.8) is 0 Å². The first kappa shape index (κ1) is 58.1. The van der Waals surface area contributed by atoms with Crippen molar-refractivity contribution in [1.82, 2.24) is 39.7 Å². The summed E-state index contributed by atoms with van der Waals surface area (Å²) < 4.78 is 28.3. The van der Waals surface area contributed by atoms with Gasteiger partial charge in [0.2, 0.25) is 11.8 Å². The maximum Gasteiger partial charge on any atom is 0.303 e. The van der Waals surface area contributed by atoms with Crippen LogP contribution in [0.5, 0.6) is 0 Å². The number of nitrogens with two attached hydrogens (primary N) is 1. The fourth-order valence-corrected chi connectivity index (χ4v) is 13.1. The summed E-state index contributed by atoms with van der Waals surface area (Å²) in [5.74, 6) is -0.211. The molecule has 5 aliphatic heterocycles. The van der Waals surface area contributed by atoms with Gasteiger partial charge in [0.05, 0.1) is 80.5 Å². The van der Waals surface area contributed by atoms with Gasteiger partial charge in [0.1, 0.15) is 23.5 Å². The zero-order chi connectivity index (χ0) is 56.6. The van der Waals surface area contributed by atoms with E-state index in [1.54, 1.807) is 53.6 Å². The number of ether oxygens (including phenoxy) is 2. The number of carbonyl (C=O) groups excluding carboxylic acids is 5. The number of likely N-dealkylation sites (tertiary alicyclic amines) is 2. The van der Waals surface area contributed by atoms with E-state index in [4.69, 9.17) is 26.8 Å². The van der Waals surface area contributed by atoms with Crippen LogP contribution >= 0.6 is 11.8 Å². The Morgan fingerprint density at radius 2 is 1.70 bits per heavy atom. The second-order valence-electron chi connectivity index (χ2n) is 21.8. The summed E-state index contributed by atoms with van der Waals surface area (Å²) in [7, 11) is 5.15. The summed E-state index contributed by atoms with van der Waals surface area (Å²) >= 11 is 1.58. The van der Waals surface area contributed by atoms with Crippen LogP contribution in [0.15, 0.2) is 59.7 Å². The largest absolute Gasteiger partial charge is 0.382 e. The van der Waals surface area contributed by atoms with Gasteiger partial charge in [-0.25, -0.2) is 9.37 Å². The van der Waals surface area contributed by atoms with Gasteiger partial charge in [0.25, 0.3) is 5.91 Å². The van der Waals surface area contributed by atoms with E-state index >= 15 is 0 Å². The molecule has 426 valence electrons. The molecule has 5 aliphatic rings. The number of nitrogens with zero attached hydrogens (tertiary/aromatic N) is 10. The number of likely N-dealkylation sites (N-methyl/N-ethyl adjacent to an activating group) is 2. The topological polar surface area (TPSA) is 205 Å². The summed E-state index contributed by atoms with van der Waals surface area (Å²) in [4.78, 5) is 91.7. The van der Waals surface area contributed by atoms with Gasteiger partial charge in [0.15, 0.2) is 5.78 Å². The van der Waals surface area contributed by atoms with Gasteiger partial charge < -0.3 is 49.9 Å². The van der Waals surface area contributed by atoms with E-state index in [2.05, 4.69) is 30.0 Å². The minimum absolute atomic E-state index is 0.000683. The molecular formula is C59H75FN12O7S. The van der Waals surface area contributed by atoms with E-state index in [1.807, 2.05) is 49.1 Å². The smallest absolute Gasteiger partial charge is 0.303 e. The number of nitrogen functional groups attached to an aromatic ring is 1. The van der Waals surface area contributed by atoms with Gasteiger partial charge in [-0.15, -0.1) is 11.8 Å². The number of aromatic nitrogens is 3. The van der Waals surface area contributed by atoms with Gasteiger partial charge >= 0.3 is 5.82 Å². The van der Waals surface area contributed by atoms with Crippen LogP contribution in [0, 0.1) is 31.1 Å². The molecule has 21 heteroatoms. The number of Topliss-reactive ketones (excluding diaryl/α,β-unsaturated/α-hetero) is 2. The third-order valence-electron chi connectivity index (χ3n) is 16.7. The van der Waals surface area contributed by atoms with E-state index in [0.717, 1.165) is 55.8 Å². The molecule has 2 aromatic carbocycles. The van der Waals surface area contributed by atoms with Gasteiger partial charge in [0, 0.05) is 81.3 Å². The second-order valence-corrected chi connectivity index (χ2v) is 22.9. The van der Waals surface area contributed by atoms with Crippen LogP contribution in [-0.2, 0) is 36.9 Å². The zero-order valence-electron chi connectivity index (χ0n) is 46.7. The molecule has 80 heavy (non-hydrogen) atoms. The highest BCUT2D eigenvalue weighted by Gasteiger charge is 2.43. The van der Waals surface area contributed by atoms with E-state index in [0.29, 0.717) is 90.8 Å². The number of thioether (sulfide) groups is 1. The molecule has 4 aromatic rings. The first-order valence-corrected chi connectivity index (χ1v) is 29.1. The molecule has 3 fully saturated rings. The second kappa shape index (κ2) is 26.3. The lowest BCUT2D eigenvalue weighted by molar-refractivity contribution is -0.141. The van der Waals surface area contributed by atoms with Crippen molar-refractivity contribution in [3.05, 3.63) is 99.9 Å². The number of benzene rings is 2. The van der Waals surface area contributed by atoms with Crippen LogP contribution in [-0.4, -0.2) is 179 Å². The van der Waals surface area contributed by atoms with Crippen molar-refractivity contribution in [2.45, 2.75) is 102 Å². The number of halogens is 1. The molecule has 9 rings (SSSR count). The fraction of sp³-hybridized carbons (Fsp3) is 0.542. The van der Waals surface area contributed by atoms with Crippen molar-refractivity contribution in [1.29, 1.82) is 0 Å². The molecule has 3 amide bonds. The van der Waals surface area contributed by atoms with Crippen LogP contribution in [0.2, 0.25) is 0 Å². The quantitative estimate of drug-likeness (QED) is 0.0512. The molecule has 1 unspecified atom stereocenters. The highest BCUT2D eigenvalue weighted by molar-refractivity contribution is 8.14. The molecule has 3 saturated heterocycles. The monoisotopic (exact) mass is 1110 g/mol. The summed E-state index contributed by atoms with van der Waals surface area (Å²) in [6.07, 6.45) is 6.66. The van der Waals surface area contributed by atoms with Gasteiger partial charge in [-0.2, -0.15) is 4.68 Å². The fourth-order valence-electron chi connectivity index (χ4n) is 11.9. The number of aliphatic imine (C=N–C) groups is 1. The zero-order valence-corrected chi connectivity index (χ0v) is 47.5. The minimum atomic E-state index is -0.471. The number of ketones is 2. The number of rotatable bonds is 21. The average molecular weight is 1120 g/mol. The number of hydrogen-bond acceptors (Lipinski definition) is 15. The lowest BCUT2D eigenvalue weighted by Crippen LogP contribution is -2.48. The van der Waals surface area contributed by atoms with Crippen LogP contribution in [0.1, 0.15) is 102 Å². The average Bonchev–Trinajstić information content (AvgIpc) is 4.43. The van der Waals surface area contributed by atoms with E-state index < -0.39 is 17.8 Å². The first-order chi connectivity index (χ1) is 38.6. The highest BCUT2D eigenvalue weighted by Crippen LogP contribution is 2.44. The number of aryl methyl sites for hydroxylation is 1. The summed E-state index contributed by atoms with van der Waals surface area (Å²) in [6.45, 7) is 17.4. The van der Waals surface area contributed by atoms with Crippen LogP contribution in [0.4, 0.5) is 21.7 Å². The third kappa shape index (κ3) is 13.1. The first-order valence-electron chi connectivity index (χ1n) is 28.1. The minimum Gasteiger partial charge on any atom is -0.382 e. The number of hydrogen-bond donors (Lipinski definition) is 2. The Bertz CT molecular complexity index is 2990. The number of pyridine rings is 1. The molecule has 3 N–H and O–H groups in total. The molecule has 5 atom stereocenters. The van der Waals surface area contributed by atoms with E-state index in [1.165, 1.54) is 18.2 Å². The molecule has 19 nitrogen and oxygen atoms in total. The molecule has 0 spiro atoms. The number of amides is 3. The van der Waals surface area contributed by atoms with E-state index in [-0.39, 0.29) is 104 Å². The normalized spacial score (nSPS) is 20.3. The van der Waals surface area contributed by atoms with Crippen molar-refractivity contribution in [2.75, 3.05) is 103 Å². The molecule has 2 bridgehead atoms. The SMILES string of the molecule is [C-]#[N+]c1nn(CCN(C)C(=O)CCOCCOCCN2CCC([C@@H](CC(=O)[C@@H](C)NC)C(=O)N3CCC[C@@H]3C3=NC(C(=O)c4ccc(C)cc4)CS3)CC2)c2c1-c1cnc(N)c(c1)N1CCC[C@@H]1c1cc(F)ccc1C(=O)N(C)C2. The number of fused-ring (bicyclic) bond motifs is 8. The summed E-state index contributed by atoms with van der Waals surface area (Å²) in [6, 6.07) is 12.4. The maximum atomic E-state index is 14.8. The predicted molar refractivity (Wildman–Crippen MR) is 306 cm³/mol. The lowest BCUT2D eigenvalue weighted by Gasteiger charge is -2.38. The number of carbonyl (C=O) groups is 5. The lowest BCUT2D eigenvalue weighted by atomic mass is 9.79. The Balaban J connectivity index is 0.726. The van der Waals surface area contributed by atoms with Crippen LogP contribution in [0.3, 0.4) is 0 Å². The molecular weight excluding hydrogens is 1040 g/mol. The molecule has 0 radical (unpaired) electrons. The van der Waals surface area contributed by atoms with Gasteiger partial charge in [-0.1, -0.05) is 36.4 Å². The van der Waals surface area contributed by atoms with Crippen LogP contribution in [0.25, 0.3) is 16.0 Å². The van der Waals surface area contributed by atoms with Crippen LogP contribution < -0.4 is 16.0 Å². The summed E-state index contributed by atoms with van der Waals surface area (Å²) in [5.41, 5.74) is 11.6. The Kier molecular flexibility index (Phi) is 19.1. The Morgan fingerprint density at radius 1 is 0.963 bits per heavy atom. The molecule has 2 aromatic heterocycles. The van der Waals surface area contributed by atoms with Gasteiger partial charge in [-0.3, -0.25) is 29.0 Å². The van der Waals surface area contributed by atoms with Crippen molar-refractivity contribution < 1.29 is 37.8 Å². The van der Waals surface area contributed by atoms with Crippen molar-refractivity contribution in [2.24, 2.45) is 16.8 Å². The number of nitrogens with one attached hydrogen (secondary N) is 1. The van der Waals surface area contributed by atoms with Crippen molar-refractivity contribution >= 4 is 63.4 Å². The standard InChI is InChI=1S/C59H75FN12O7S/c1-37-11-13-40(14-12-37)54(75)46-36-80-57(65-46)48-10-8-21-71(48)59(77)44(33-51(73)38(2)62-3)39-17-22-69(23-18-39)26-28-79-30-29-78-27-19-52(74)67(5)24-25-72-50-35-68(6)58(76)43-16-15-42(60)32-45(43)47-9-7-20-70(47)49-31-41(34-64-55(49)61)53(50)56(63-4)66-72/h11-16,31-32,34,38-39,44,46-48,62H,7-10,17-30,33,35-36H2,1-3,5-6H3,(H2,61,64)/t38-,44-,46?,47-,48-/m1/s1.